The number of aryl methyl sites for hydroxylation is 1. The first-order valence-corrected chi connectivity index (χ1v) is 10.4. The first kappa shape index (κ1) is 20.9. The van der Waals surface area contributed by atoms with E-state index in [0.717, 1.165) is 21.7 Å². The Bertz CT molecular complexity index is 1150. The van der Waals surface area contributed by atoms with Crippen molar-refractivity contribution in [1.82, 2.24) is 4.98 Å². The van der Waals surface area contributed by atoms with E-state index in [1.807, 2.05) is 6.92 Å². The van der Waals surface area contributed by atoms with Gasteiger partial charge >= 0.3 is 6.61 Å². The molecule has 1 aromatic heterocycles. The maximum absolute atomic E-state index is 12.7. The molecule has 1 N–H and O–H groups in total. The monoisotopic (exact) mass is 443 g/mol. The van der Waals surface area contributed by atoms with Crippen molar-refractivity contribution in [3.63, 3.8) is 0 Å². The number of nitrogens with one attached hydrogen (secondary N) is 1. The fourth-order valence-electron chi connectivity index (χ4n) is 3.55. The topological polar surface area (TPSA) is 71.5 Å². The number of halogens is 2. The molecule has 2 heterocycles. The number of rotatable bonds is 5. The predicted octanol–water partition coefficient (Wildman–Crippen LogP) is 4.88. The van der Waals surface area contributed by atoms with Crippen molar-refractivity contribution in [3.8, 4) is 17.0 Å². The molecule has 2 amide bonds. The molecule has 0 bridgehead atoms. The predicted molar refractivity (Wildman–Crippen MR) is 115 cm³/mol. The van der Waals surface area contributed by atoms with Gasteiger partial charge in [0.05, 0.1) is 5.69 Å². The molecule has 0 radical (unpaired) electrons. The lowest BCUT2D eigenvalue weighted by Gasteiger charge is -2.14. The van der Waals surface area contributed by atoms with Crippen LogP contribution in [0, 0.1) is 6.92 Å². The van der Waals surface area contributed by atoms with Gasteiger partial charge in [-0.15, -0.1) is 11.3 Å². The van der Waals surface area contributed by atoms with E-state index in [0.29, 0.717) is 29.4 Å². The molecule has 0 aliphatic carbocycles. The number of fused-ring (bicyclic) bond motifs is 1. The van der Waals surface area contributed by atoms with Crippen LogP contribution in [0.15, 0.2) is 42.5 Å². The van der Waals surface area contributed by atoms with Crippen molar-refractivity contribution in [2.75, 3.05) is 16.8 Å². The number of thiazole rings is 1. The van der Waals surface area contributed by atoms with E-state index in [-0.39, 0.29) is 17.6 Å². The minimum Gasteiger partial charge on any atom is -0.435 e. The molecule has 0 spiro atoms. The van der Waals surface area contributed by atoms with Crippen LogP contribution in [0.25, 0.3) is 11.3 Å². The Balaban J connectivity index is 1.49. The third-order valence-electron chi connectivity index (χ3n) is 4.99. The van der Waals surface area contributed by atoms with Gasteiger partial charge in [-0.3, -0.25) is 14.9 Å². The third-order valence-corrected chi connectivity index (χ3v) is 5.87. The minimum absolute atomic E-state index is 0.0180. The van der Waals surface area contributed by atoms with Crippen LogP contribution in [-0.2, 0) is 11.2 Å². The number of carbonyl (C=O) groups excluding carboxylic acids is 2. The second-order valence-corrected chi connectivity index (χ2v) is 8.25. The van der Waals surface area contributed by atoms with Gasteiger partial charge in [0.25, 0.3) is 5.91 Å². The number of hydrogen-bond donors (Lipinski definition) is 1. The van der Waals surface area contributed by atoms with E-state index in [2.05, 4.69) is 15.0 Å². The zero-order valence-electron chi connectivity index (χ0n) is 16.8. The van der Waals surface area contributed by atoms with Gasteiger partial charge in [-0.05, 0) is 61.4 Å². The summed E-state index contributed by atoms with van der Waals surface area (Å²) >= 11 is 1.33. The molecule has 0 fully saturated rings. The molecule has 31 heavy (non-hydrogen) atoms. The lowest BCUT2D eigenvalue weighted by atomic mass is 10.1. The average molecular weight is 443 g/mol. The Kier molecular flexibility index (Phi) is 5.69. The summed E-state index contributed by atoms with van der Waals surface area (Å²) in [6, 6.07) is 11.5. The first-order chi connectivity index (χ1) is 14.8. The van der Waals surface area contributed by atoms with Crippen LogP contribution in [0.5, 0.6) is 5.75 Å². The van der Waals surface area contributed by atoms with Crippen LogP contribution in [0.3, 0.4) is 0 Å². The SMILES string of the molecule is CC(=O)N1CCc2cc(C(=O)Nc3nc(-c4ccc(OC(F)F)cc4)c(C)s3)ccc21. The van der Waals surface area contributed by atoms with Crippen molar-refractivity contribution >= 4 is 34.0 Å². The van der Waals surface area contributed by atoms with Gasteiger partial charge in [0.2, 0.25) is 5.91 Å². The summed E-state index contributed by atoms with van der Waals surface area (Å²) < 4.78 is 29.0. The van der Waals surface area contributed by atoms with Crippen LogP contribution in [0.2, 0.25) is 0 Å². The summed E-state index contributed by atoms with van der Waals surface area (Å²) in [5.74, 6) is -0.235. The standard InChI is InChI=1S/C22H19F2N3O3S/c1-12-19(14-3-6-17(7-4-14)30-21(23)24)25-22(31-12)26-20(29)16-5-8-18-15(11-16)9-10-27(18)13(2)28/h3-8,11,21H,9-10H2,1-2H3,(H,25,26,29). The molecule has 0 unspecified atom stereocenters. The van der Waals surface area contributed by atoms with Gasteiger partial charge in [-0.2, -0.15) is 8.78 Å². The molecule has 9 heteroatoms. The van der Waals surface area contributed by atoms with Crippen LogP contribution in [0.1, 0.15) is 27.7 Å². The number of benzene rings is 2. The average Bonchev–Trinajstić information content (AvgIpc) is 3.31. The molecule has 1 aliphatic heterocycles. The van der Waals surface area contributed by atoms with Crippen LogP contribution >= 0.6 is 11.3 Å². The highest BCUT2D eigenvalue weighted by Gasteiger charge is 2.23. The van der Waals surface area contributed by atoms with Crippen LogP contribution in [-0.4, -0.2) is 30.0 Å². The smallest absolute Gasteiger partial charge is 0.387 e. The summed E-state index contributed by atoms with van der Waals surface area (Å²) in [4.78, 5) is 31.5. The van der Waals surface area contributed by atoms with Crippen molar-refractivity contribution < 1.29 is 23.1 Å². The highest BCUT2D eigenvalue weighted by molar-refractivity contribution is 7.16. The molecular formula is C22H19F2N3O3S. The van der Waals surface area contributed by atoms with E-state index < -0.39 is 6.61 Å². The number of aromatic nitrogens is 1. The number of nitrogens with zero attached hydrogens (tertiary/aromatic N) is 2. The van der Waals surface area contributed by atoms with Gasteiger partial charge in [0, 0.05) is 35.2 Å². The molecule has 1 aliphatic rings. The molecule has 0 atom stereocenters. The van der Waals surface area contributed by atoms with Crippen molar-refractivity contribution in [2.45, 2.75) is 26.9 Å². The summed E-state index contributed by atoms with van der Waals surface area (Å²) in [5.41, 5.74) is 3.69. The molecule has 6 nitrogen and oxygen atoms in total. The zero-order valence-corrected chi connectivity index (χ0v) is 17.6. The molecule has 160 valence electrons. The fraction of sp³-hybridized carbons (Fsp3) is 0.227. The Hall–Kier alpha value is -3.33. The fourth-order valence-corrected chi connectivity index (χ4v) is 4.38. The second-order valence-electron chi connectivity index (χ2n) is 7.04. The second kappa shape index (κ2) is 8.43. The molecule has 3 aromatic rings. The maximum atomic E-state index is 12.7. The highest BCUT2D eigenvalue weighted by Crippen LogP contribution is 2.33. The molecule has 2 aromatic carbocycles. The lowest BCUT2D eigenvalue weighted by molar-refractivity contribution is -0.116. The number of anilines is 2. The molecule has 0 saturated carbocycles. The van der Waals surface area contributed by atoms with E-state index in [1.165, 1.54) is 30.4 Å². The van der Waals surface area contributed by atoms with Gasteiger partial charge in [-0.25, -0.2) is 4.98 Å². The Labute approximate surface area is 181 Å². The highest BCUT2D eigenvalue weighted by atomic mass is 32.1. The van der Waals surface area contributed by atoms with E-state index in [4.69, 9.17) is 0 Å². The Morgan fingerprint density at radius 2 is 1.94 bits per heavy atom. The largest absolute Gasteiger partial charge is 0.435 e. The van der Waals surface area contributed by atoms with Gasteiger partial charge in [-0.1, -0.05) is 0 Å². The van der Waals surface area contributed by atoms with Crippen molar-refractivity contribution in [3.05, 3.63) is 58.5 Å². The lowest BCUT2D eigenvalue weighted by Crippen LogP contribution is -2.25. The van der Waals surface area contributed by atoms with E-state index >= 15 is 0 Å². The number of carbonyl (C=O) groups is 2. The molecular weight excluding hydrogens is 424 g/mol. The zero-order chi connectivity index (χ0) is 22.1. The summed E-state index contributed by atoms with van der Waals surface area (Å²) in [6.07, 6.45) is 0.710. The normalized spacial score (nSPS) is 12.7. The van der Waals surface area contributed by atoms with E-state index in [9.17, 15) is 18.4 Å². The summed E-state index contributed by atoms with van der Waals surface area (Å²) in [5, 5.41) is 3.26. The van der Waals surface area contributed by atoms with Crippen molar-refractivity contribution in [1.29, 1.82) is 0 Å². The number of amides is 2. The maximum Gasteiger partial charge on any atom is 0.387 e. The summed E-state index contributed by atoms with van der Waals surface area (Å²) in [6.45, 7) is 1.14. The Morgan fingerprint density at radius 1 is 1.19 bits per heavy atom. The number of hydrogen-bond acceptors (Lipinski definition) is 5. The molecule has 4 rings (SSSR count). The molecule has 0 saturated heterocycles. The minimum atomic E-state index is -2.88. The van der Waals surface area contributed by atoms with Crippen LogP contribution < -0.4 is 15.0 Å². The van der Waals surface area contributed by atoms with Crippen molar-refractivity contribution in [2.24, 2.45) is 0 Å². The third kappa shape index (κ3) is 4.41. The van der Waals surface area contributed by atoms with Gasteiger partial charge < -0.3 is 9.64 Å². The number of alkyl halides is 2. The van der Waals surface area contributed by atoms with Crippen LogP contribution in [0.4, 0.5) is 19.6 Å². The van der Waals surface area contributed by atoms with Gasteiger partial charge in [0.1, 0.15) is 5.75 Å². The Morgan fingerprint density at radius 3 is 2.61 bits per heavy atom. The number of ether oxygens (including phenoxy) is 1. The summed E-state index contributed by atoms with van der Waals surface area (Å²) in [7, 11) is 0. The quantitative estimate of drug-likeness (QED) is 0.610. The first-order valence-electron chi connectivity index (χ1n) is 9.57. The van der Waals surface area contributed by atoms with E-state index in [1.54, 1.807) is 35.2 Å². The van der Waals surface area contributed by atoms with Gasteiger partial charge in [0.15, 0.2) is 5.13 Å².